The van der Waals surface area contributed by atoms with Crippen LogP contribution in [0.3, 0.4) is 0 Å². The van der Waals surface area contributed by atoms with Gasteiger partial charge in [0.2, 0.25) is 0 Å². The number of rotatable bonds is 3. The maximum absolute atomic E-state index is 9.94. The molecule has 1 atom stereocenters. The standard InChI is InChI=1S/C4H6O2.C3H7O4P/c1-3(2)4(5)6;1-2-3(4)8(5,6)7/h1H2,2H3,(H,5,6);2-4H,1H2,(H2,5,6,7). The second kappa shape index (κ2) is 6.50. The highest BCUT2D eigenvalue weighted by atomic mass is 31.2. The van der Waals surface area contributed by atoms with Crippen LogP contribution in [0, 0.1) is 0 Å². The Morgan fingerprint density at radius 2 is 1.79 bits per heavy atom. The van der Waals surface area contributed by atoms with Crippen molar-refractivity contribution in [2.45, 2.75) is 12.8 Å². The number of aliphatic carboxylic acids is 1. The topological polar surface area (TPSA) is 115 Å². The van der Waals surface area contributed by atoms with E-state index in [1.165, 1.54) is 6.92 Å². The van der Waals surface area contributed by atoms with Gasteiger partial charge in [-0.2, -0.15) is 0 Å². The second-order valence-corrected chi connectivity index (χ2v) is 4.03. The Labute approximate surface area is 81.4 Å². The number of carboxylic acids is 1. The molecule has 14 heavy (non-hydrogen) atoms. The fourth-order valence-corrected chi connectivity index (χ4v) is 0.412. The van der Waals surface area contributed by atoms with Crippen LogP contribution in [0.25, 0.3) is 0 Å². The molecule has 0 amide bonds. The van der Waals surface area contributed by atoms with E-state index in [2.05, 4.69) is 13.2 Å². The van der Waals surface area contributed by atoms with Gasteiger partial charge >= 0.3 is 13.6 Å². The molecule has 0 saturated carbocycles. The highest BCUT2D eigenvalue weighted by Crippen LogP contribution is 2.39. The van der Waals surface area contributed by atoms with Crippen LogP contribution in [0.5, 0.6) is 0 Å². The van der Waals surface area contributed by atoms with E-state index in [0.29, 0.717) is 0 Å². The minimum atomic E-state index is -4.32. The van der Waals surface area contributed by atoms with Crippen molar-refractivity contribution in [3.05, 3.63) is 24.8 Å². The van der Waals surface area contributed by atoms with Crippen LogP contribution in [0.4, 0.5) is 0 Å². The third-order valence-corrected chi connectivity index (χ3v) is 1.82. The first-order chi connectivity index (χ1) is 6.12. The molecule has 0 saturated heterocycles. The molecule has 0 aromatic carbocycles. The van der Waals surface area contributed by atoms with Gasteiger partial charge in [0.25, 0.3) is 0 Å². The number of aliphatic hydroxyl groups excluding tert-OH is 1. The number of aliphatic hydroxyl groups is 1. The molecule has 7 heteroatoms. The number of carboxylic acid groups (broad SMARTS) is 1. The van der Waals surface area contributed by atoms with Crippen molar-refractivity contribution in [3.8, 4) is 0 Å². The summed E-state index contributed by atoms with van der Waals surface area (Å²) in [5.74, 6) is -2.66. The lowest BCUT2D eigenvalue weighted by Crippen LogP contribution is -2.00. The van der Waals surface area contributed by atoms with Crippen LogP contribution in [0.1, 0.15) is 6.92 Å². The van der Waals surface area contributed by atoms with E-state index in [1.807, 2.05) is 0 Å². The molecule has 0 aromatic heterocycles. The molecule has 0 aliphatic rings. The molecule has 6 nitrogen and oxygen atoms in total. The van der Waals surface area contributed by atoms with Gasteiger partial charge in [0.15, 0.2) is 5.85 Å². The van der Waals surface area contributed by atoms with Crippen molar-refractivity contribution >= 4 is 13.6 Å². The first-order valence-corrected chi connectivity index (χ1v) is 5.05. The van der Waals surface area contributed by atoms with Crippen molar-refractivity contribution in [3.63, 3.8) is 0 Å². The van der Waals surface area contributed by atoms with Gasteiger partial charge in [-0.25, -0.2) is 4.79 Å². The summed E-state index contributed by atoms with van der Waals surface area (Å²) < 4.78 is 9.94. The summed E-state index contributed by atoms with van der Waals surface area (Å²) in [7, 11) is -4.32. The van der Waals surface area contributed by atoms with Gasteiger partial charge in [-0.05, 0) is 6.92 Å². The minimum Gasteiger partial charge on any atom is -0.478 e. The molecule has 0 aromatic rings. The predicted molar refractivity (Wildman–Crippen MR) is 50.7 cm³/mol. The van der Waals surface area contributed by atoms with Crippen LogP contribution >= 0.6 is 7.60 Å². The highest BCUT2D eigenvalue weighted by Gasteiger charge is 2.21. The maximum Gasteiger partial charge on any atom is 0.357 e. The fraction of sp³-hybridized carbons (Fsp3) is 0.286. The molecule has 0 aliphatic carbocycles. The van der Waals surface area contributed by atoms with Crippen LogP contribution in [-0.2, 0) is 9.36 Å². The fourth-order valence-electron chi connectivity index (χ4n) is 0.137. The summed E-state index contributed by atoms with van der Waals surface area (Å²) in [5.41, 5.74) is 0.176. The van der Waals surface area contributed by atoms with Gasteiger partial charge in [0, 0.05) is 5.57 Å². The molecule has 0 rings (SSSR count). The van der Waals surface area contributed by atoms with Crippen molar-refractivity contribution in [2.75, 3.05) is 0 Å². The lowest BCUT2D eigenvalue weighted by atomic mass is 10.4. The smallest absolute Gasteiger partial charge is 0.357 e. The second-order valence-electron chi connectivity index (χ2n) is 2.32. The molecule has 82 valence electrons. The van der Waals surface area contributed by atoms with Gasteiger partial charge in [0.1, 0.15) is 0 Å². The van der Waals surface area contributed by atoms with E-state index in [0.717, 1.165) is 6.08 Å². The minimum absolute atomic E-state index is 0.176. The first kappa shape index (κ1) is 15.5. The Balaban J connectivity index is 0. The van der Waals surface area contributed by atoms with Crippen molar-refractivity contribution < 1.29 is 29.4 Å². The highest BCUT2D eigenvalue weighted by molar-refractivity contribution is 7.52. The van der Waals surface area contributed by atoms with Gasteiger partial charge < -0.3 is 20.0 Å². The largest absolute Gasteiger partial charge is 0.478 e. The van der Waals surface area contributed by atoms with Crippen LogP contribution in [0.15, 0.2) is 24.8 Å². The van der Waals surface area contributed by atoms with Crippen molar-refractivity contribution in [1.29, 1.82) is 0 Å². The van der Waals surface area contributed by atoms with Crippen LogP contribution in [-0.4, -0.2) is 31.8 Å². The molecule has 0 bridgehead atoms. The number of carbonyl (C=O) groups is 1. The molecule has 0 radical (unpaired) electrons. The predicted octanol–water partition coefficient (Wildman–Crippen LogP) is 0.316. The molecule has 4 N–H and O–H groups in total. The van der Waals surface area contributed by atoms with Crippen LogP contribution < -0.4 is 0 Å². The van der Waals surface area contributed by atoms with E-state index in [-0.39, 0.29) is 5.57 Å². The van der Waals surface area contributed by atoms with E-state index < -0.39 is 19.4 Å². The van der Waals surface area contributed by atoms with E-state index in [4.69, 9.17) is 20.0 Å². The van der Waals surface area contributed by atoms with Crippen molar-refractivity contribution in [1.82, 2.24) is 0 Å². The average Bonchev–Trinajstić information content (AvgIpc) is 2.02. The summed E-state index contributed by atoms with van der Waals surface area (Å²) in [6, 6.07) is 0. The molecule has 1 unspecified atom stereocenters. The number of hydrogen-bond acceptors (Lipinski definition) is 3. The van der Waals surface area contributed by atoms with E-state index in [1.54, 1.807) is 0 Å². The van der Waals surface area contributed by atoms with Gasteiger partial charge in [-0.15, -0.1) is 0 Å². The number of hydrogen-bond donors (Lipinski definition) is 4. The van der Waals surface area contributed by atoms with E-state index in [9.17, 15) is 9.36 Å². The average molecular weight is 224 g/mol. The summed E-state index contributed by atoms with van der Waals surface area (Å²) in [5, 5.41) is 16.2. The summed E-state index contributed by atoms with van der Waals surface area (Å²) in [4.78, 5) is 25.8. The Morgan fingerprint density at radius 3 is 1.79 bits per heavy atom. The van der Waals surface area contributed by atoms with Crippen LogP contribution in [0.2, 0.25) is 0 Å². The Kier molecular flexibility index (Phi) is 7.21. The SMILES string of the molecule is C=C(C)C(=O)O.C=CC(O)P(=O)(O)O. The lowest BCUT2D eigenvalue weighted by Gasteiger charge is -2.04. The normalized spacial score (nSPS) is 12.0. The maximum atomic E-state index is 9.94. The zero-order valence-electron chi connectivity index (χ0n) is 7.62. The Hall–Kier alpha value is -0.940. The monoisotopic (exact) mass is 224 g/mol. The van der Waals surface area contributed by atoms with Crippen molar-refractivity contribution in [2.24, 2.45) is 0 Å². The Morgan fingerprint density at radius 1 is 1.50 bits per heavy atom. The van der Waals surface area contributed by atoms with Gasteiger partial charge in [-0.1, -0.05) is 19.2 Å². The van der Waals surface area contributed by atoms with Gasteiger partial charge in [0.05, 0.1) is 0 Å². The molecular formula is C7H13O6P. The summed E-state index contributed by atoms with van der Waals surface area (Å²) >= 11 is 0. The van der Waals surface area contributed by atoms with E-state index >= 15 is 0 Å². The van der Waals surface area contributed by atoms with Gasteiger partial charge in [-0.3, -0.25) is 4.57 Å². The quantitative estimate of drug-likeness (QED) is 0.311. The first-order valence-electron chi connectivity index (χ1n) is 3.37. The third kappa shape index (κ3) is 9.15. The zero-order chi connectivity index (χ0) is 11.9. The summed E-state index contributed by atoms with van der Waals surface area (Å²) in [6.45, 7) is 7.59. The molecule has 0 fully saturated rings. The lowest BCUT2D eigenvalue weighted by molar-refractivity contribution is -0.132. The molecule has 0 aliphatic heterocycles. The molecule has 0 spiro atoms. The summed E-state index contributed by atoms with van der Waals surface area (Å²) in [6.07, 6.45) is 0.792. The molecular weight excluding hydrogens is 211 g/mol. The Bertz CT molecular complexity index is 253. The third-order valence-electron chi connectivity index (χ3n) is 0.921. The zero-order valence-corrected chi connectivity index (χ0v) is 8.52. The molecule has 0 heterocycles.